The van der Waals surface area contributed by atoms with Crippen molar-refractivity contribution in [1.29, 1.82) is 0 Å². The largest absolute Gasteiger partial charge is 0.478 e. The molecule has 0 fully saturated rings. The van der Waals surface area contributed by atoms with Crippen LogP contribution in [0, 0.1) is 0 Å². The summed E-state index contributed by atoms with van der Waals surface area (Å²) in [5, 5.41) is 11.7. The average molecular weight is 498 g/mol. The minimum absolute atomic E-state index is 0.0914. The fourth-order valence-corrected chi connectivity index (χ4v) is 3.11. The summed E-state index contributed by atoms with van der Waals surface area (Å²) in [5.41, 5.74) is 5.01. The molecule has 8 nitrogen and oxygen atoms in total. The van der Waals surface area contributed by atoms with Crippen molar-refractivity contribution in [3.63, 3.8) is 0 Å². The molecule has 3 aromatic rings. The Morgan fingerprint density at radius 3 is 2.58 bits per heavy atom. The molecule has 1 amide bonds. The van der Waals surface area contributed by atoms with Gasteiger partial charge in [-0.05, 0) is 50.0 Å². The Kier molecular flexibility index (Phi) is 7.73. The van der Waals surface area contributed by atoms with Crippen LogP contribution in [0.15, 0.2) is 81.6 Å². The highest BCUT2D eigenvalue weighted by atomic mass is 19.4. The van der Waals surface area contributed by atoms with Gasteiger partial charge in [-0.25, -0.2) is 9.79 Å². The molecule has 186 valence electrons. The van der Waals surface area contributed by atoms with Gasteiger partial charge >= 0.3 is 12.1 Å². The van der Waals surface area contributed by atoms with Crippen LogP contribution in [0.25, 0.3) is 22.2 Å². The van der Waals surface area contributed by atoms with Gasteiger partial charge in [0.2, 0.25) is 5.91 Å². The van der Waals surface area contributed by atoms with Crippen molar-refractivity contribution in [2.75, 3.05) is 0 Å². The molecule has 2 aromatic heterocycles. The summed E-state index contributed by atoms with van der Waals surface area (Å²) in [6, 6.07) is 6.31. The Morgan fingerprint density at radius 2 is 1.97 bits per heavy atom. The second kappa shape index (κ2) is 10.7. The van der Waals surface area contributed by atoms with Crippen LogP contribution in [-0.4, -0.2) is 28.7 Å². The highest BCUT2D eigenvalue weighted by Gasteiger charge is 2.35. The van der Waals surface area contributed by atoms with Crippen LogP contribution in [0.1, 0.15) is 28.6 Å². The van der Waals surface area contributed by atoms with Crippen LogP contribution in [0.4, 0.5) is 13.2 Å². The molecule has 2 heterocycles. The Morgan fingerprint density at radius 1 is 1.22 bits per heavy atom. The van der Waals surface area contributed by atoms with E-state index < -0.39 is 23.6 Å². The number of carbonyl (C=O) groups is 2. The number of alkyl halides is 3. The van der Waals surface area contributed by atoms with E-state index in [0.717, 1.165) is 12.3 Å². The van der Waals surface area contributed by atoms with Crippen LogP contribution in [0.5, 0.6) is 0 Å². The molecule has 4 N–H and O–H groups in total. The van der Waals surface area contributed by atoms with E-state index >= 15 is 0 Å². The summed E-state index contributed by atoms with van der Waals surface area (Å²) < 4.78 is 46.7. The second-order valence-electron chi connectivity index (χ2n) is 7.60. The first-order valence-corrected chi connectivity index (χ1v) is 10.4. The number of nitrogens with two attached hydrogens (primary N) is 1. The number of aromatic carboxylic acids is 1. The van der Waals surface area contributed by atoms with Gasteiger partial charge in [0, 0.05) is 23.2 Å². The smallest absolute Gasteiger partial charge is 0.420 e. The number of halogens is 3. The molecule has 1 aromatic carbocycles. The maximum absolute atomic E-state index is 13.8. The molecule has 0 spiro atoms. The number of carboxylic acids is 1. The lowest BCUT2D eigenvalue weighted by Gasteiger charge is -2.10. The van der Waals surface area contributed by atoms with E-state index in [1.54, 1.807) is 13.0 Å². The number of allylic oxidation sites excluding steroid dienone is 4. The van der Waals surface area contributed by atoms with E-state index in [-0.39, 0.29) is 45.9 Å². The van der Waals surface area contributed by atoms with Crippen LogP contribution in [0.2, 0.25) is 0 Å². The lowest BCUT2D eigenvalue weighted by atomic mass is 10.0. The zero-order valence-corrected chi connectivity index (χ0v) is 19.0. The van der Waals surface area contributed by atoms with Crippen molar-refractivity contribution in [1.82, 2.24) is 10.3 Å². The van der Waals surface area contributed by atoms with Crippen molar-refractivity contribution in [3.8, 4) is 11.3 Å². The van der Waals surface area contributed by atoms with E-state index in [9.17, 15) is 22.8 Å². The number of hydrogen-bond donors (Lipinski definition) is 3. The van der Waals surface area contributed by atoms with Gasteiger partial charge in [-0.2, -0.15) is 13.2 Å². The molecule has 0 atom stereocenters. The molecule has 0 saturated heterocycles. The number of amides is 1. The topological polar surface area (TPSA) is 131 Å². The molecular formula is C25H21F3N4O4. The van der Waals surface area contributed by atoms with Gasteiger partial charge in [0.15, 0.2) is 0 Å². The van der Waals surface area contributed by atoms with Crippen molar-refractivity contribution >= 4 is 29.6 Å². The van der Waals surface area contributed by atoms with Crippen molar-refractivity contribution in [2.24, 2.45) is 10.7 Å². The highest BCUT2D eigenvalue weighted by molar-refractivity contribution is 5.90. The predicted molar refractivity (Wildman–Crippen MR) is 128 cm³/mol. The molecule has 3 rings (SSSR count). The number of pyridine rings is 1. The maximum atomic E-state index is 13.8. The molecule has 0 unspecified atom stereocenters. The molecule has 0 saturated carbocycles. The third kappa shape index (κ3) is 6.47. The van der Waals surface area contributed by atoms with E-state index in [2.05, 4.69) is 22.0 Å². The lowest BCUT2D eigenvalue weighted by Crippen LogP contribution is -2.19. The summed E-state index contributed by atoms with van der Waals surface area (Å²) in [4.78, 5) is 30.6. The summed E-state index contributed by atoms with van der Waals surface area (Å²) in [7, 11) is 0. The Hall–Kier alpha value is -4.67. The maximum Gasteiger partial charge on any atom is 0.420 e. The van der Waals surface area contributed by atoms with Gasteiger partial charge in [-0.3, -0.25) is 9.78 Å². The van der Waals surface area contributed by atoms with E-state index in [1.807, 2.05) is 0 Å². The first kappa shape index (κ1) is 25.9. The number of carboxylic acid groups (broad SMARTS) is 1. The zero-order valence-electron chi connectivity index (χ0n) is 19.0. The molecule has 0 bridgehead atoms. The van der Waals surface area contributed by atoms with E-state index in [0.29, 0.717) is 5.57 Å². The van der Waals surface area contributed by atoms with Crippen LogP contribution < -0.4 is 11.1 Å². The van der Waals surface area contributed by atoms with Gasteiger partial charge in [0.05, 0.1) is 23.4 Å². The third-order valence-corrected chi connectivity index (χ3v) is 4.91. The number of nitrogens with one attached hydrogen (secondary N) is 1. The normalized spacial score (nSPS) is 12.8. The molecule has 0 radical (unpaired) electrons. The van der Waals surface area contributed by atoms with Crippen LogP contribution in [-0.2, 0) is 17.5 Å². The Labute approximate surface area is 203 Å². The van der Waals surface area contributed by atoms with Crippen LogP contribution >= 0.6 is 0 Å². The van der Waals surface area contributed by atoms with Gasteiger partial charge in [0.1, 0.15) is 17.2 Å². The number of carbonyl (C=O) groups excluding carboxylic acids is 1. The van der Waals surface area contributed by atoms with Gasteiger partial charge in [-0.15, -0.1) is 0 Å². The molecule has 36 heavy (non-hydrogen) atoms. The number of aliphatic imine (C=N–C) groups is 1. The number of benzene rings is 1. The lowest BCUT2D eigenvalue weighted by molar-refractivity contribution is -0.136. The standard InChI is InChI=1S/C25H21F3N4O4/c1-14(3-7-21(29)30-2)4-8-22(33)32-13-18-10-17-9-16(11-19(23(17)36-18)25(26,27)28)20-6-5-15(12-31-20)24(34)35/h3-12H,2,13,29H2,1H3,(H,32,33)(H,34,35)/b8-4+,14-3+,21-7-. The third-order valence-electron chi connectivity index (χ3n) is 4.91. The first-order valence-electron chi connectivity index (χ1n) is 10.4. The van der Waals surface area contributed by atoms with E-state index in [4.69, 9.17) is 15.3 Å². The molecular weight excluding hydrogens is 477 g/mol. The number of nitrogens with zero attached hydrogens (tertiary/aromatic N) is 2. The average Bonchev–Trinajstić information content (AvgIpc) is 3.26. The minimum Gasteiger partial charge on any atom is -0.478 e. The Balaban J connectivity index is 1.83. The predicted octanol–water partition coefficient (Wildman–Crippen LogP) is 4.83. The molecule has 11 heteroatoms. The van der Waals surface area contributed by atoms with Gasteiger partial charge in [-0.1, -0.05) is 17.7 Å². The fourth-order valence-electron chi connectivity index (χ4n) is 3.11. The summed E-state index contributed by atoms with van der Waals surface area (Å²) in [6.45, 7) is 4.87. The number of aromatic nitrogens is 1. The number of furan rings is 1. The van der Waals surface area contributed by atoms with Gasteiger partial charge in [0.25, 0.3) is 0 Å². The Bertz CT molecular complexity index is 1400. The zero-order chi connectivity index (χ0) is 26.5. The summed E-state index contributed by atoms with van der Waals surface area (Å²) >= 11 is 0. The quantitative estimate of drug-likeness (QED) is 0.232. The van der Waals surface area contributed by atoms with Crippen molar-refractivity contribution in [2.45, 2.75) is 19.6 Å². The van der Waals surface area contributed by atoms with Crippen LogP contribution in [0.3, 0.4) is 0 Å². The highest BCUT2D eigenvalue weighted by Crippen LogP contribution is 2.39. The second-order valence-corrected chi connectivity index (χ2v) is 7.60. The number of hydrogen-bond acceptors (Lipinski definition) is 6. The molecule has 0 aliphatic carbocycles. The van der Waals surface area contributed by atoms with Crippen molar-refractivity contribution < 1.29 is 32.3 Å². The van der Waals surface area contributed by atoms with E-state index in [1.165, 1.54) is 42.5 Å². The number of rotatable bonds is 8. The molecule has 0 aliphatic rings. The van der Waals surface area contributed by atoms with Gasteiger partial charge < -0.3 is 20.6 Å². The summed E-state index contributed by atoms with van der Waals surface area (Å²) in [6.07, 6.45) is 2.27. The molecule has 0 aliphatic heterocycles. The monoisotopic (exact) mass is 498 g/mol. The summed E-state index contributed by atoms with van der Waals surface area (Å²) in [5.74, 6) is -1.36. The minimum atomic E-state index is -4.72. The number of fused-ring (bicyclic) bond motifs is 1. The fraction of sp³-hybridized carbons (Fsp3) is 0.120. The van der Waals surface area contributed by atoms with Crippen molar-refractivity contribution in [3.05, 3.63) is 89.1 Å². The first-order chi connectivity index (χ1) is 17.0. The SMILES string of the molecule is C=N\C(N)=C/C=C(C)/C=C/C(=O)NCc1cc2cc(-c3ccc(C(=O)O)cn3)cc(C(F)(F)F)c2o1.